The van der Waals surface area contributed by atoms with E-state index in [1.807, 2.05) is 77.9 Å². The molecule has 0 spiro atoms. The molecule has 1 aliphatic carbocycles. The number of allylic oxidation sites excluding steroid dienone is 2. The Hall–Kier alpha value is -3.21. The summed E-state index contributed by atoms with van der Waals surface area (Å²) in [4.78, 5) is 16.6. The average molecular weight is 831 g/mol. The zero-order valence-corrected chi connectivity index (χ0v) is 32.3. The largest absolute Gasteiger partial charge is 0.512 e. The molecule has 0 amide bonds. The zero-order valence-electron chi connectivity index (χ0n) is 29.9. The number of aryl methyl sites for hydroxylation is 2. The number of hydrogen-bond donors (Lipinski definition) is 1. The van der Waals surface area contributed by atoms with Crippen molar-refractivity contribution in [2.75, 3.05) is 0 Å². The topological polar surface area (TPSA) is 50.2 Å². The molecule has 4 aromatic rings. The molecular weight excluding hydrogens is 781 g/mol. The Bertz CT molecular complexity index is 1780. The van der Waals surface area contributed by atoms with E-state index in [-0.39, 0.29) is 60.0 Å². The first-order chi connectivity index (χ1) is 22.1. The molecular formula is C42H50F2IrNO2-. The number of alkyl halides is 2. The van der Waals surface area contributed by atoms with Crippen LogP contribution in [0.25, 0.3) is 33.3 Å². The summed E-state index contributed by atoms with van der Waals surface area (Å²) < 4.78 is 31.3. The van der Waals surface area contributed by atoms with Crippen molar-refractivity contribution >= 4 is 16.7 Å². The second kappa shape index (κ2) is 16.0. The van der Waals surface area contributed by atoms with E-state index in [9.17, 15) is 9.90 Å². The molecule has 3 aromatic carbocycles. The molecule has 0 unspecified atom stereocenters. The van der Waals surface area contributed by atoms with Crippen molar-refractivity contribution in [2.24, 2.45) is 17.3 Å². The monoisotopic (exact) mass is 831 g/mol. The molecule has 259 valence electrons. The van der Waals surface area contributed by atoms with Crippen molar-refractivity contribution in [3.63, 3.8) is 0 Å². The summed E-state index contributed by atoms with van der Waals surface area (Å²) in [5.41, 5.74) is 6.18. The van der Waals surface area contributed by atoms with Gasteiger partial charge in [0, 0.05) is 49.0 Å². The Morgan fingerprint density at radius 3 is 2.17 bits per heavy atom. The van der Waals surface area contributed by atoms with E-state index < -0.39 is 5.92 Å². The number of rotatable bonds is 9. The van der Waals surface area contributed by atoms with Crippen LogP contribution >= 0.6 is 0 Å². The van der Waals surface area contributed by atoms with Gasteiger partial charge in [0.2, 0.25) is 0 Å². The summed E-state index contributed by atoms with van der Waals surface area (Å²) in [5, 5.41) is 10.8. The zero-order chi connectivity index (χ0) is 34.7. The quantitative estimate of drug-likeness (QED) is 0.104. The van der Waals surface area contributed by atoms with E-state index in [4.69, 9.17) is 4.98 Å². The van der Waals surface area contributed by atoms with Crippen LogP contribution < -0.4 is 0 Å². The summed E-state index contributed by atoms with van der Waals surface area (Å²) in [6.45, 7) is 18.5. The van der Waals surface area contributed by atoms with Gasteiger partial charge < -0.3 is 5.11 Å². The number of hydrogen-bond acceptors (Lipinski definition) is 3. The number of aliphatic hydroxyl groups excluding tert-OH is 1. The molecule has 6 heteroatoms. The number of fused-ring (bicyclic) bond motifs is 4. The van der Waals surface area contributed by atoms with Crippen molar-refractivity contribution in [3.05, 3.63) is 100 Å². The van der Waals surface area contributed by atoms with Gasteiger partial charge in [-0.1, -0.05) is 109 Å². The van der Waals surface area contributed by atoms with Crippen LogP contribution in [0.3, 0.4) is 0 Å². The fourth-order valence-electron chi connectivity index (χ4n) is 6.60. The number of aromatic nitrogens is 1. The van der Waals surface area contributed by atoms with Crippen LogP contribution in [0.4, 0.5) is 8.78 Å². The summed E-state index contributed by atoms with van der Waals surface area (Å²) in [7, 11) is 0. The molecule has 0 atom stereocenters. The molecule has 0 aliphatic heterocycles. The van der Waals surface area contributed by atoms with Gasteiger partial charge >= 0.3 is 0 Å². The van der Waals surface area contributed by atoms with Crippen molar-refractivity contribution in [3.8, 4) is 22.4 Å². The van der Waals surface area contributed by atoms with Crippen molar-refractivity contribution in [1.29, 1.82) is 0 Å². The number of ketones is 1. The number of nitrogens with zero attached hydrogens (tertiary/aromatic N) is 1. The van der Waals surface area contributed by atoms with Gasteiger partial charge in [-0.05, 0) is 72.9 Å². The molecule has 1 N–H and O–H groups in total. The number of aliphatic hydroxyl groups is 1. The van der Waals surface area contributed by atoms with E-state index in [2.05, 4.69) is 32.9 Å². The van der Waals surface area contributed by atoms with Gasteiger partial charge in [-0.3, -0.25) is 9.78 Å². The minimum Gasteiger partial charge on any atom is -0.512 e. The number of halogens is 2. The normalized spacial score (nSPS) is 13.6. The Morgan fingerprint density at radius 2 is 1.56 bits per heavy atom. The van der Waals surface area contributed by atoms with E-state index in [0.717, 1.165) is 54.1 Å². The van der Waals surface area contributed by atoms with Crippen LogP contribution in [0.5, 0.6) is 0 Å². The van der Waals surface area contributed by atoms with Gasteiger partial charge in [-0.25, -0.2) is 8.78 Å². The second-order valence-corrected chi connectivity index (χ2v) is 14.2. The van der Waals surface area contributed by atoms with Crippen molar-refractivity contribution < 1.29 is 38.8 Å². The van der Waals surface area contributed by atoms with Gasteiger partial charge in [0.25, 0.3) is 5.92 Å². The maximum Gasteiger partial charge on any atom is 0.268 e. The van der Waals surface area contributed by atoms with Crippen LogP contribution in [-0.2, 0) is 37.2 Å². The van der Waals surface area contributed by atoms with Crippen LogP contribution in [0.2, 0.25) is 0 Å². The van der Waals surface area contributed by atoms with Crippen LogP contribution in [-0.4, -0.2) is 15.9 Å². The first-order valence-corrected chi connectivity index (χ1v) is 17.0. The minimum atomic E-state index is -3.08. The van der Waals surface area contributed by atoms with E-state index in [1.54, 1.807) is 12.1 Å². The predicted octanol–water partition coefficient (Wildman–Crippen LogP) is 11.9. The number of carbonyl (C=O) groups is 1. The van der Waals surface area contributed by atoms with Crippen molar-refractivity contribution in [2.45, 2.75) is 100 Å². The third-order valence-corrected chi connectivity index (χ3v) is 9.20. The smallest absolute Gasteiger partial charge is 0.268 e. The second-order valence-electron chi connectivity index (χ2n) is 14.2. The maximum atomic E-state index is 15.7. The van der Waals surface area contributed by atoms with E-state index in [0.29, 0.717) is 22.4 Å². The molecule has 3 nitrogen and oxygen atoms in total. The molecule has 0 saturated carbocycles. The molecule has 0 bridgehead atoms. The van der Waals surface area contributed by atoms with Crippen molar-refractivity contribution in [1.82, 2.24) is 4.98 Å². The first-order valence-electron chi connectivity index (χ1n) is 17.0. The fourth-order valence-corrected chi connectivity index (χ4v) is 6.60. The minimum absolute atomic E-state index is 0. The van der Waals surface area contributed by atoms with E-state index in [1.165, 1.54) is 11.6 Å². The SMILES string of the molecule is CCC(CC)C(=O)/C=C(\O)C(CC)CC.Cc1[c-]c(-c2ccc3c(CC(C)(C)C)cccc3n2)c2c(c1)-c1cc(C)ccc1C2(F)F.[Ir]. The standard InChI is InChI=1S/C29H26F2N.C13H24O2.Ir/c1-17-9-11-24-21(13-17)22-14-18(2)15-23(27(22)29(24,30)31)26-12-10-20-19(16-28(3,4)5)7-6-8-25(20)32-26;1-5-10(6-2)12(14)9-13(15)11(7-3)8-4;/h6-14H,16H2,1-5H3;9-11,14H,5-8H2,1-4H3;/q-1;;/b;12-9-;. The van der Waals surface area contributed by atoms with Gasteiger partial charge in [0.15, 0.2) is 5.78 Å². The van der Waals surface area contributed by atoms with Crippen LogP contribution in [0.1, 0.15) is 102 Å². The maximum absolute atomic E-state index is 15.7. The van der Waals surface area contributed by atoms with E-state index >= 15 is 8.78 Å². The summed E-state index contributed by atoms with van der Waals surface area (Å²) >= 11 is 0. The average Bonchev–Trinajstić information content (AvgIpc) is 3.22. The number of pyridine rings is 1. The summed E-state index contributed by atoms with van der Waals surface area (Å²) in [6.07, 6.45) is 5.83. The Labute approximate surface area is 299 Å². The Balaban J connectivity index is 0.000000334. The molecule has 0 saturated heterocycles. The summed E-state index contributed by atoms with van der Waals surface area (Å²) in [5.74, 6) is -2.53. The van der Waals surface area contributed by atoms with Gasteiger partial charge in [0.05, 0.1) is 11.3 Å². The van der Waals surface area contributed by atoms with Crippen LogP contribution in [0, 0.1) is 37.2 Å². The van der Waals surface area contributed by atoms with Gasteiger partial charge in [-0.2, -0.15) is 0 Å². The third kappa shape index (κ3) is 8.49. The molecule has 5 rings (SSSR count). The molecule has 48 heavy (non-hydrogen) atoms. The molecule has 1 radical (unpaired) electrons. The predicted molar refractivity (Wildman–Crippen MR) is 191 cm³/mol. The van der Waals surface area contributed by atoms with Gasteiger partial charge in [-0.15, -0.1) is 23.3 Å². The molecule has 0 fully saturated rings. The molecule has 1 aromatic heterocycles. The Kier molecular flexibility index (Phi) is 13.1. The summed E-state index contributed by atoms with van der Waals surface area (Å²) in [6, 6.07) is 20.1. The third-order valence-electron chi connectivity index (χ3n) is 9.20. The number of benzene rings is 3. The van der Waals surface area contributed by atoms with Crippen LogP contribution in [0.15, 0.2) is 66.4 Å². The van der Waals surface area contributed by atoms with Gasteiger partial charge in [0.1, 0.15) is 0 Å². The number of carbonyl (C=O) groups excluding carboxylic acids is 1. The Morgan fingerprint density at radius 1 is 0.917 bits per heavy atom. The molecule has 1 aliphatic rings. The first kappa shape index (κ1) is 39.2. The molecule has 1 heterocycles. The fraction of sp³-hybridized carbons (Fsp3) is 0.429.